The van der Waals surface area contributed by atoms with Crippen molar-refractivity contribution in [1.82, 2.24) is 4.90 Å². The highest BCUT2D eigenvalue weighted by Crippen LogP contribution is 2.05. The SMILES string of the molecule is CCCCN(CC(N)=O)C(=O)C(N)C(C)C. The van der Waals surface area contributed by atoms with Crippen molar-refractivity contribution in [2.45, 2.75) is 39.7 Å². The molecule has 0 radical (unpaired) electrons. The number of hydrogen-bond donors (Lipinski definition) is 2. The van der Waals surface area contributed by atoms with Gasteiger partial charge in [-0.05, 0) is 12.3 Å². The standard InChI is InChI=1S/C11H23N3O2/c1-4-5-6-14(7-9(12)15)11(16)10(13)8(2)3/h8,10H,4-7,13H2,1-3H3,(H2,12,15). The summed E-state index contributed by atoms with van der Waals surface area (Å²) in [6.45, 7) is 6.28. The second-order valence-corrected chi connectivity index (χ2v) is 4.35. The maximum absolute atomic E-state index is 11.9. The van der Waals surface area contributed by atoms with E-state index >= 15 is 0 Å². The van der Waals surface area contributed by atoms with Crippen LogP contribution in [0.5, 0.6) is 0 Å². The number of primary amides is 1. The monoisotopic (exact) mass is 229 g/mol. The zero-order valence-corrected chi connectivity index (χ0v) is 10.4. The number of nitrogens with two attached hydrogens (primary N) is 2. The fourth-order valence-electron chi connectivity index (χ4n) is 1.30. The van der Waals surface area contributed by atoms with Crippen LogP contribution in [0.4, 0.5) is 0 Å². The molecule has 0 saturated heterocycles. The number of amides is 2. The van der Waals surface area contributed by atoms with E-state index in [2.05, 4.69) is 0 Å². The molecule has 0 aromatic rings. The smallest absolute Gasteiger partial charge is 0.240 e. The van der Waals surface area contributed by atoms with Gasteiger partial charge in [0.15, 0.2) is 0 Å². The van der Waals surface area contributed by atoms with E-state index in [1.54, 1.807) is 0 Å². The molecule has 0 rings (SSSR count). The number of nitrogens with zero attached hydrogens (tertiary/aromatic N) is 1. The van der Waals surface area contributed by atoms with Crippen molar-refractivity contribution in [3.63, 3.8) is 0 Å². The Bertz CT molecular complexity index is 241. The fraction of sp³-hybridized carbons (Fsp3) is 0.818. The van der Waals surface area contributed by atoms with E-state index in [9.17, 15) is 9.59 Å². The molecular weight excluding hydrogens is 206 g/mol. The molecule has 0 aliphatic rings. The van der Waals surface area contributed by atoms with Crippen molar-refractivity contribution < 1.29 is 9.59 Å². The fourth-order valence-corrected chi connectivity index (χ4v) is 1.30. The van der Waals surface area contributed by atoms with Crippen molar-refractivity contribution in [1.29, 1.82) is 0 Å². The second kappa shape index (κ2) is 7.22. The summed E-state index contributed by atoms with van der Waals surface area (Å²) in [6, 6.07) is -0.559. The Labute approximate surface area is 97.2 Å². The van der Waals surface area contributed by atoms with Gasteiger partial charge in [0.1, 0.15) is 0 Å². The lowest BCUT2D eigenvalue weighted by atomic mass is 10.0. The lowest BCUT2D eigenvalue weighted by Gasteiger charge is -2.26. The highest BCUT2D eigenvalue weighted by Gasteiger charge is 2.24. The molecule has 0 spiro atoms. The first-order chi connectivity index (χ1) is 7.40. The molecule has 0 aromatic carbocycles. The number of rotatable bonds is 7. The number of carbonyl (C=O) groups is 2. The zero-order valence-electron chi connectivity index (χ0n) is 10.4. The molecule has 2 amide bonds. The second-order valence-electron chi connectivity index (χ2n) is 4.35. The molecule has 5 heteroatoms. The van der Waals surface area contributed by atoms with Gasteiger partial charge in [-0.2, -0.15) is 0 Å². The van der Waals surface area contributed by atoms with Crippen LogP contribution in [0.3, 0.4) is 0 Å². The summed E-state index contributed by atoms with van der Waals surface area (Å²) in [6.07, 6.45) is 1.81. The molecule has 0 bridgehead atoms. The van der Waals surface area contributed by atoms with Gasteiger partial charge in [-0.25, -0.2) is 0 Å². The average molecular weight is 229 g/mol. The van der Waals surface area contributed by atoms with E-state index < -0.39 is 11.9 Å². The molecule has 0 aliphatic carbocycles. The van der Waals surface area contributed by atoms with Gasteiger partial charge in [0, 0.05) is 6.54 Å². The average Bonchev–Trinajstić information content (AvgIpc) is 2.21. The van der Waals surface area contributed by atoms with Crippen molar-refractivity contribution >= 4 is 11.8 Å². The zero-order chi connectivity index (χ0) is 12.7. The molecule has 94 valence electrons. The minimum atomic E-state index is -0.559. The predicted octanol–water partition coefficient (Wildman–Crippen LogP) is 0.0837. The molecule has 0 heterocycles. The van der Waals surface area contributed by atoms with E-state index in [0.717, 1.165) is 12.8 Å². The third-order valence-electron chi connectivity index (χ3n) is 2.44. The van der Waals surface area contributed by atoms with Gasteiger partial charge < -0.3 is 16.4 Å². The molecule has 16 heavy (non-hydrogen) atoms. The first kappa shape index (κ1) is 14.9. The van der Waals surface area contributed by atoms with Crippen molar-refractivity contribution in [3.8, 4) is 0 Å². The summed E-state index contributed by atoms with van der Waals surface area (Å²) in [4.78, 5) is 24.2. The molecule has 0 saturated carbocycles. The van der Waals surface area contributed by atoms with Crippen molar-refractivity contribution in [2.24, 2.45) is 17.4 Å². The van der Waals surface area contributed by atoms with E-state index in [-0.39, 0.29) is 18.4 Å². The van der Waals surface area contributed by atoms with Gasteiger partial charge in [0.2, 0.25) is 11.8 Å². The summed E-state index contributed by atoms with van der Waals surface area (Å²) in [5.41, 5.74) is 10.9. The molecule has 0 aromatic heterocycles. The van der Waals surface area contributed by atoms with Crippen LogP contribution in [0, 0.1) is 5.92 Å². The minimum Gasteiger partial charge on any atom is -0.368 e. The van der Waals surface area contributed by atoms with Crippen LogP contribution < -0.4 is 11.5 Å². The number of hydrogen-bond acceptors (Lipinski definition) is 3. The quantitative estimate of drug-likeness (QED) is 0.648. The third kappa shape index (κ3) is 5.11. The van der Waals surface area contributed by atoms with Crippen molar-refractivity contribution in [2.75, 3.05) is 13.1 Å². The molecule has 1 atom stereocenters. The Kier molecular flexibility index (Phi) is 6.72. The first-order valence-corrected chi connectivity index (χ1v) is 5.72. The predicted molar refractivity (Wildman–Crippen MR) is 63.5 cm³/mol. The van der Waals surface area contributed by atoms with Gasteiger partial charge in [-0.3, -0.25) is 9.59 Å². The normalized spacial score (nSPS) is 12.6. The maximum Gasteiger partial charge on any atom is 0.240 e. The molecule has 0 aliphatic heterocycles. The first-order valence-electron chi connectivity index (χ1n) is 5.72. The lowest BCUT2D eigenvalue weighted by molar-refractivity contribution is -0.137. The summed E-state index contributed by atoms with van der Waals surface area (Å²) >= 11 is 0. The Morgan fingerprint density at radius 2 is 1.88 bits per heavy atom. The lowest BCUT2D eigenvalue weighted by Crippen LogP contribution is -2.49. The molecule has 1 unspecified atom stereocenters. The van der Waals surface area contributed by atoms with Crippen LogP contribution in [0.25, 0.3) is 0 Å². The summed E-state index contributed by atoms with van der Waals surface area (Å²) in [7, 11) is 0. The maximum atomic E-state index is 11.9. The van der Waals surface area contributed by atoms with Crippen molar-refractivity contribution in [3.05, 3.63) is 0 Å². The molecule has 5 nitrogen and oxygen atoms in total. The Balaban J connectivity index is 4.48. The minimum absolute atomic E-state index is 0.0424. The third-order valence-corrected chi connectivity index (χ3v) is 2.44. The van der Waals surface area contributed by atoms with E-state index in [0.29, 0.717) is 6.54 Å². The Morgan fingerprint density at radius 1 is 1.31 bits per heavy atom. The number of carbonyl (C=O) groups excluding carboxylic acids is 2. The van der Waals surface area contributed by atoms with Crippen LogP contribution in [0.1, 0.15) is 33.6 Å². The van der Waals surface area contributed by atoms with Crippen LogP contribution in [0.15, 0.2) is 0 Å². The summed E-state index contributed by atoms with van der Waals surface area (Å²) < 4.78 is 0. The van der Waals surface area contributed by atoms with Crippen LogP contribution in [-0.4, -0.2) is 35.8 Å². The topological polar surface area (TPSA) is 89.4 Å². The highest BCUT2D eigenvalue weighted by molar-refractivity contribution is 5.86. The van der Waals surface area contributed by atoms with Crippen LogP contribution in [-0.2, 0) is 9.59 Å². The van der Waals surface area contributed by atoms with E-state index in [1.165, 1.54) is 4.90 Å². The number of unbranched alkanes of at least 4 members (excludes halogenated alkanes) is 1. The molecule has 4 N–H and O–H groups in total. The Hall–Kier alpha value is -1.10. The van der Waals surface area contributed by atoms with E-state index in [1.807, 2.05) is 20.8 Å². The highest BCUT2D eigenvalue weighted by atomic mass is 16.2. The van der Waals surface area contributed by atoms with Gasteiger partial charge in [0.05, 0.1) is 12.6 Å². The summed E-state index contributed by atoms with van der Waals surface area (Å²) in [5.74, 6) is -0.632. The van der Waals surface area contributed by atoms with Gasteiger partial charge in [-0.15, -0.1) is 0 Å². The largest absolute Gasteiger partial charge is 0.368 e. The van der Waals surface area contributed by atoms with Crippen LogP contribution in [0.2, 0.25) is 0 Å². The van der Waals surface area contributed by atoms with Gasteiger partial charge in [-0.1, -0.05) is 27.2 Å². The summed E-state index contributed by atoms with van der Waals surface area (Å²) in [5, 5.41) is 0. The van der Waals surface area contributed by atoms with Gasteiger partial charge >= 0.3 is 0 Å². The van der Waals surface area contributed by atoms with E-state index in [4.69, 9.17) is 11.5 Å². The van der Waals surface area contributed by atoms with Gasteiger partial charge in [0.25, 0.3) is 0 Å². The molecular formula is C11H23N3O2. The van der Waals surface area contributed by atoms with Crippen LogP contribution >= 0.6 is 0 Å². The Morgan fingerprint density at radius 3 is 2.25 bits per heavy atom. The molecule has 0 fully saturated rings.